The van der Waals surface area contributed by atoms with E-state index in [2.05, 4.69) is 44.8 Å². The van der Waals surface area contributed by atoms with Crippen LogP contribution < -0.4 is 5.32 Å². The van der Waals surface area contributed by atoms with Crippen LogP contribution in [0.1, 0.15) is 19.0 Å². The number of nitrogens with one attached hydrogen (secondary N) is 1. The third-order valence-electron chi connectivity index (χ3n) is 2.68. The molecule has 1 aromatic heterocycles. The van der Waals surface area contributed by atoms with Crippen LogP contribution in [0.15, 0.2) is 18.2 Å². The van der Waals surface area contributed by atoms with Crippen LogP contribution in [0.2, 0.25) is 5.02 Å². The maximum absolute atomic E-state index is 13.4. The zero-order valence-corrected chi connectivity index (χ0v) is 14.1. The summed E-state index contributed by atoms with van der Waals surface area (Å²) in [6.45, 7) is 4.82. The summed E-state index contributed by atoms with van der Waals surface area (Å²) in [5, 5.41) is 3.59. The molecule has 6 heteroatoms. The minimum Gasteiger partial charge on any atom is -0.369 e. The Bertz CT molecular complexity index is 614. The Morgan fingerprint density at radius 3 is 2.70 bits per heavy atom. The zero-order chi connectivity index (χ0) is 14.7. The van der Waals surface area contributed by atoms with E-state index in [1.165, 1.54) is 12.1 Å². The number of hydrogen-bond acceptors (Lipinski definition) is 3. The number of anilines is 1. The molecule has 0 bridgehead atoms. The van der Waals surface area contributed by atoms with E-state index in [1.807, 2.05) is 6.92 Å². The van der Waals surface area contributed by atoms with Crippen molar-refractivity contribution in [2.75, 3.05) is 11.9 Å². The molecular weight excluding hydrogens is 392 g/mol. The van der Waals surface area contributed by atoms with Crippen molar-refractivity contribution in [1.29, 1.82) is 0 Å². The van der Waals surface area contributed by atoms with Crippen LogP contribution in [0.4, 0.5) is 10.2 Å². The molecule has 0 fully saturated rings. The van der Waals surface area contributed by atoms with Crippen LogP contribution in [0.3, 0.4) is 0 Å². The summed E-state index contributed by atoms with van der Waals surface area (Å²) >= 11 is 8.09. The van der Waals surface area contributed by atoms with Gasteiger partial charge in [0.1, 0.15) is 11.6 Å². The van der Waals surface area contributed by atoms with Gasteiger partial charge < -0.3 is 5.32 Å². The van der Waals surface area contributed by atoms with Gasteiger partial charge in [0.05, 0.1) is 9.26 Å². The first-order valence-corrected chi connectivity index (χ1v) is 7.71. The van der Waals surface area contributed by atoms with Gasteiger partial charge >= 0.3 is 0 Å². The fraction of sp³-hybridized carbons (Fsp3) is 0.286. The van der Waals surface area contributed by atoms with Crippen molar-refractivity contribution in [2.45, 2.75) is 20.3 Å². The molecule has 1 aromatic carbocycles. The van der Waals surface area contributed by atoms with E-state index in [-0.39, 0.29) is 0 Å². The van der Waals surface area contributed by atoms with E-state index in [9.17, 15) is 4.39 Å². The first kappa shape index (κ1) is 15.4. The Kier molecular flexibility index (Phi) is 5.15. The largest absolute Gasteiger partial charge is 0.369 e. The molecule has 1 N–H and O–H groups in total. The highest BCUT2D eigenvalue weighted by molar-refractivity contribution is 14.1. The first-order chi connectivity index (χ1) is 9.51. The molecule has 3 nitrogen and oxygen atoms in total. The molecule has 0 unspecified atom stereocenters. The van der Waals surface area contributed by atoms with Gasteiger partial charge in [0.2, 0.25) is 0 Å². The molecule has 0 saturated heterocycles. The predicted octanol–water partition coefficient (Wildman–Crippen LogP) is 4.67. The smallest absolute Gasteiger partial charge is 0.161 e. The minimum absolute atomic E-state index is 0.336. The summed E-state index contributed by atoms with van der Waals surface area (Å²) in [6, 6.07) is 4.31. The lowest BCUT2D eigenvalue weighted by Gasteiger charge is -2.11. The second kappa shape index (κ2) is 6.67. The molecule has 20 heavy (non-hydrogen) atoms. The number of aryl methyl sites for hydroxylation is 1. The highest BCUT2D eigenvalue weighted by atomic mass is 127. The number of benzene rings is 1. The van der Waals surface area contributed by atoms with Crippen LogP contribution >= 0.6 is 34.2 Å². The van der Waals surface area contributed by atoms with Gasteiger partial charge in [-0.15, -0.1) is 0 Å². The Balaban J connectivity index is 2.48. The summed E-state index contributed by atoms with van der Waals surface area (Å²) in [4.78, 5) is 8.88. The van der Waals surface area contributed by atoms with Crippen LogP contribution in [-0.4, -0.2) is 16.5 Å². The average Bonchev–Trinajstić information content (AvgIpc) is 2.39. The molecule has 2 rings (SSSR count). The fourth-order valence-corrected chi connectivity index (χ4v) is 2.39. The Morgan fingerprint density at radius 2 is 2.05 bits per heavy atom. The number of aromatic nitrogens is 2. The Morgan fingerprint density at radius 1 is 1.30 bits per heavy atom. The van der Waals surface area contributed by atoms with Gasteiger partial charge in [0.15, 0.2) is 5.82 Å². The van der Waals surface area contributed by atoms with E-state index in [0.717, 1.165) is 28.0 Å². The van der Waals surface area contributed by atoms with Crippen molar-refractivity contribution in [3.63, 3.8) is 0 Å². The lowest BCUT2D eigenvalue weighted by atomic mass is 10.2. The second-order valence-electron chi connectivity index (χ2n) is 4.38. The normalized spacial score (nSPS) is 10.7. The molecule has 0 saturated carbocycles. The molecule has 106 valence electrons. The van der Waals surface area contributed by atoms with Crippen LogP contribution in [0, 0.1) is 16.3 Å². The predicted molar refractivity (Wildman–Crippen MR) is 88.7 cm³/mol. The summed E-state index contributed by atoms with van der Waals surface area (Å²) in [5.41, 5.74) is 1.43. The number of hydrogen-bond donors (Lipinski definition) is 1. The van der Waals surface area contributed by atoms with Crippen LogP contribution in [-0.2, 0) is 0 Å². The molecule has 0 radical (unpaired) electrons. The maximum Gasteiger partial charge on any atom is 0.161 e. The minimum atomic E-state index is -0.393. The van der Waals surface area contributed by atoms with Crippen LogP contribution in [0.25, 0.3) is 11.4 Å². The summed E-state index contributed by atoms with van der Waals surface area (Å²) in [6.07, 6.45) is 1.00. The Labute approximate surface area is 136 Å². The Hall–Kier alpha value is -0.950. The quantitative estimate of drug-likeness (QED) is 0.751. The molecule has 0 atom stereocenters. The molecule has 2 aromatic rings. The number of halogens is 3. The highest BCUT2D eigenvalue weighted by Crippen LogP contribution is 2.26. The van der Waals surface area contributed by atoms with Crippen LogP contribution in [0.5, 0.6) is 0 Å². The molecule has 0 aliphatic carbocycles. The van der Waals surface area contributed by atoms with E-state index < -0.39 is 5.82 Å². The highest BCUT2D eigenvalue weighted by Gasteiger charge is 2.11. The van der Waals surface area contributed by atoms with Crippen molar-refractivity contribution in [2.24, 2.45) is 0 Å². The van der Waals surface area contributed by atoms with Gasteiger partial charge in [-0.05, 0) is 54.1 Å². The van der Waals surface area contributed by atoms with Crippen molar-refractivity contribution < 1.29 is 4.39 Å². The summed E-state index contributed by atoms with van der Waals surface area (Å²) in [5.74, 6) is 0.855. The lowest BCUT2D eigenvalue weighted by Crippen LogP contribution is -2.07. The van der Waals surface area contributed by atoms with E-state index >= 15 is 0 Å². The average molecular weight is 406 g/mol. The van der Waals surface area contributed by atoms with E-state index in [0.29, 0.717) is 16.4 Å². The van der Waals surface area contributed by atoms with E-state index in [4.69, 9.17) is 11.6 Å². The van der Waals surface area contributed by atoms with Gasteiger partial charge in [0.25, 0.3) is 0 Å². The number of nitrogens with zero attached hydrogens (tertiary/aromatic N) is 2. The molecule has 0 aliphatic heterocycles. The fourth-order valence-electron chi connectivity index (χ4n) is 1.73. The monoisotopic (exact) mass is 405 g/mol. The summed E-state index contributed by atoms with van der Waals surface area (Å²) in [7, 11) is 0. The van der Waals surface area contributed by atoms with Crippen molar-refractivity contribution >= 4 is 40.0 Å². The van der Waals surface area contributed by atoms with Crippen molar-refractivity contribution in [3.05, 3.63) is 38.3 Å². The zero-order valence-electron chi connectivity index (χ0n) is 11.2. The molecular formula is C14H14ClFIN3. The lowest BCUT2D eigenvalue weighted by molar-refractivity contribution is 0.628. The summed E-state index contributed by atoms with van der Waals surface area (Å²) < 4.78 is 14.4. The topological polar surface area (TPSA) is 37.8 Å². The number of rotatable bonds is 4. The molecule has 0 amide bonds. The van der Waals surface area contributed by atoms with Crippen molar-refractivity contribution in [3.8, 4) is 11.4 Å². The second-order valence-corrected chi connectivity index (χ2v) is 5.90. The maximum atomic E-state index is 13.4. The van der Waals surface area contributed by atoms with Crippen molar-refractivity contribution in [1.82, 2.24) is 9.97 Å². The third kappa shape index (κ3) is 3.58. The van der Waals surface area contributed by atoms with Gasteiger partial charge in [-0.3, -0.25) is 0 Å². The molecule has 0 spiro atoms. The first-order valence-electron chi connectivity index (χ1n) is 6.25. The SMILES string of the molecule is CCCNc1nc(-c2cc(F)cc(Cl)c2)nc(C)c1I. The molecule has 0 aliphatic rings. The van der Waals surface area contributed by atoms with Gasteiger partial charge in [0, 0.05) is 17.1 Å². The third-order valence-corrected chi connectivity index (χ3v) is 4.19. The van der Waals surface area contributed by atoms with Gasteiger partial charge in [-0.2, -0.15) is 0 Å². The van der Waals surface area contributed by atoms with Gasteiger partial charge in [-0.25, -0.2) is 14.4 Å². The standard InChI is InChI=1S/C14H14ClFIN3/c1-3-4-18-14-12(17)8(2)19-13(20-14)9-5-10(15)7-11(16)6-9/h5-7H,3-4H2,1-2H3,(H,18,19,20). The van der Waals surface area contributed by atoms with Gasteiger partial charge in [-0.1, -0.05) is 18.5 Å². The van der Waals surface area contributed by atoms with E-state index in [1.54, 1.807) is 6.07 Å². The molecule has 1 heterocycles.